The lowest BCUT2D eigenvalue weighted by Crippen LogP contribution is -2.18. The van der Waals surface area contributed by atoms with Crippen molar-refractivity contribution < 1.29 is 0 Å². The highest BCUT2D eigenvalue weighted by atomic mass is 16.1. The van der Waals surface area contributed by atoms with Crippen LogP contribution in [0.4, 0.5) is 5.95 Å². The van der Waals surface area contributed by atoms with Crippen molar-refractivity contribution in [3.8, 4) is 11.3 Å². The van der Waals surface area contributed by atoms with E-state index in [0.717, 1.165) is 5.56 Å². The molecule has 5 heteroatoms. The SMILES string of the molecule is NCCNc1nc(-c2ccccc2)cc(=O)[nH]1. The van der Waals surface area contributed by atoms with Crippen molar-refractivity contribution in [3.63, 3.8) is 0 Å². The molecule has 4 N–H and O–H groups in total. The van der Waals surface area contributed by atoms with Crippen molar-refractivity contribution >= 4 is 5.95 Å². The number of nitrogens with one attached hydrogen (secondary N) is 2. The van der Waals surface area contributed by atoms with Crippen LogP contribution in [0.2, 0.25) is 0 Å². The molecule has 1 aromatic carbocycles. The molecule has 2 aromatic rings. The first-order valence-corrected chi connectivity index (χ1v) is 5.40. The third kappa shape index (κ3) is 2.92. The number of hydrogen-bond acceptors (Lipinski definition) is 4. The van der Waals surface area contributed by atoms with Gasteiger partial charge < -0.3 is 11.1 Å². The maximum Gasteiger partial charge on any atom is 0.252 e. The molecule has 0 fully saturated rings. The van der Waals surface area contributed by atoms with Gasteiger partial charge in [-0.2, -0.15) is 0 Å². The molecule has 88 valence electrons. The predicted octanol–water partition coefficient (Wildman–Crippen LogP) is 0.807. The zero-order chi connectivity index (χ0) is 12.1. The number of rotatable bonds is 4. The fourth-order valence-corrected chi connectivity index (χ4v) is 1.49. The third-order valence-corrected chi connectivity index (χ3v) is 2.25. The summed E-state index contributed by atoms with van der Waals surface area (Å²) in [7, 11) is 0. The van der Waals surface area contributed by atoms with E-state index < -0.39 is 0 Å². The molecule has 0 aliphatic heterocycles. The molecule has 0 aliphatic carbocycles. The number of nitrogens with zero attached hydrogens (tertiary/aromatic N) is 1. The molecular formula is C12H14N4O. The van der Waals surface area contributed by atoms with Gasteiger partial charge in [-0.15, -0.1) is 0 Å². The first-order valence-electron chi connectivity index (χ1n) is 5.40. The maximum absolute atomic E-state index is 11.5. The number of hydrogen-bond donors (Lipinski definition) is 3. The Kier molecular flexibility index (Phi) is 3.52. The van der Waals surface area contributed by atoms with Gasteiger partial charge in [0.05, 0.1) is 5.69 Å². The normalized spacial score (nSPS) is 10.2. The molecule has 0 bridgehead atoms. The van der Waals surface area contributed by atoms with Crippen LogP contribution in [0.1, 0.15) is 0 Å². The lowest BCUT2D eigenvalue weighted by Gasteiger charge is -2.05. The van der Waals surface area contributed by atoms with Crippen molar-refractivity contribution in [3.05, 3.63) is 46.8 Å². The fourth-order valence-electron chi connectivity index (χ4n) is 1.49. The summed E-state index contributed by atoms with van der Waals surface area (Å²) in [5.74, 6) is 0.446. The smallest absolute Gasteiger partial charge is 0.252 e. The predicted molar refractivity (Wildman–Crippen MR) is 67.8 cm³/mol. The van der Waals surface area contributed by atoms with Crippen LogP contribution in [0.15, 0.2) is 41.2 Å². The average Bonchev–Trinajstić information content (AvgIpc) is 2.37. The van der Waals surface area contributed by atoms with Crippen LogP contribution in [0.5, 0.6) is 0 Å². The number of nitrogens with two attached hydrogens (primary N) is 1. The second-order valence-corrected chi connectivity index (χ2v) is 3.56. The van der Waals surface area contributed by atoms with E-state index in [1.165, 1.54) is 6.07 Å². The highest BCUT2D eigenvalue weighted by molar-refractivity contribution is 5.59. The Morgan fingerprint density at radius 2 is 2.06 bits per heavy atom. The molecule has 0 spiro atoms. The number of aromatic nitrogens is 2. The van der Waals surface area contributed by atoms with Crippen molar-refractivity contribution in [1.29, 1.82) is 0 Å². The minimum absolute atomic E-state index is 0.182. The first-order chi connectivity index (χ1) is 8.29. The molecule has 1 aromatic heterocycles. The highest BCUT2D eigenvalue weighted by Gasteiger charge is 2.02. The van der Waals surface area contributed by atoms with Gasteiger partial charge in [-0.25, -0.2) is 4.98 Å². The Hall–Kier alpha value is -2.14. The monoisotopic (exact) mass is 230 g/mol. The number of anilines is 1. The minimum atomic E-state index is -0.182. The van der Waals surface area contributed by atoms with Crippen LogP contribution < -0.4 is 16.6 Å². The molecule has 0 atom stereocenters. The summed E-state index contributed by atoms with van der Waals surface area (Å²) in [5.41, 5.74) is 6.76. The van der Waals surface area contributed by atoms with E-state index in [2.05, 4.69) is 15.3 Å². The van der Waals surface area contributed by atoms with Gasteiger partial charge in [0.25, 0.3) is 5.56 Å². The standard InChI is InChI=1S/C12H14N4O/c13-6-7-14-12-15-10(8-11(17)16-12)9-4-2-1-3-5-9/h1-5,8H,6-7,13H2,(H2,14,15,16,17). The van der Waals surface area contributed by atoms with Crippen LogP contribution in [-0.4, -0.2) is 23.1 Å². The average molecular weight is 230 g/mol. The first kappa shape index (κ1) is 11.3. The van der Waals surface area contributed by atoms with Crippen LogP contribution in [0.3, 0.4) is 0 Å². The summed E-state index contributed by atoms with van der Waals surface area (Å²) in [6.07, 6.45) is 0. The van der Waals surface area contributed by atoms with Gasteiger partial charge in [0.2, 0.25) is 5.95 Å². The summed E-state index contributed by atoms with van der Waals surface area (Å²) in [5, 5.41) is 2.95. The van der Waals surface area contributed by atoms with Gasteiger partial charge in [0, 0.05) is 24.7 Å². The number of benzene rings is 1. The molecule has 0 unspecified atom stereocenters. The van der Waals surface area contributed by atoms with Crippen molar-refractivity contribution in [2.24, 2.45) is 5.73 Å². The van der Waals surface area contributed by atoms with E-state index in [4.69, 9.17) is 5.73 Å². The van der Waals surface area contributed by atoms with E-state index >= 15 is 0 Å². The Morgan fingerprint density at radius 1 is 1.29 bits per heavy atom. The van der Waals surface area contributed by atoms with Crippen LogP contribution >= 0.6 is 0 Å². The number of aromatic amines is 1. The lowest BCUT2D eigenvalue weighted by atomic mass is 10.1. The Morgan fingerprint density at radius 3 is 2.76 bits per heavy atom. The molecule has 0 saturated heterocycles. The van der Waals surface area contributed by atoms with Gasteiger partial charge >= 0.3 is 0 Å². The Labute approximate surface area is 98.7 Å². The van der Waals surface area contributed by atoms with Gasteiger partial charge in [-0.3, -0.25) is 9.78 Å². The molecule has 2 rings (SSSR count). The van der Waals surface area contributed by atoms with E-state index in [1.54, 1.807) is 0 Å². The Balaban J connectivity index is 2.35. The summed E-state index contributed by atoms with van der Waals surface area (Å²) >= 11 is 0. The van der Waals surface area contributed by atoms with Gasteiger partial charge in [0.15, 0.2) is 0 Å². The molecule has 0 saturated carbocycles. The molecule has 0 radical (unpaired) electrons. The zero-order valence-electron chi connectivity index (χ0n) is 9.31. The summed E-state index contributed by atoms with van der Waals surface area (Å²) in [6.45, 7) is 1.06. The van der Waals surface area contributed by atoms with Gasteiger partial charge in [0.1, 0.15) is 0 Å². The number of H-pyrrole nitrogens is 1. The van der Waals surface area contributed by atoms with Crippen LogP contribution in [0.25, 0.3) is 11.3 Å². The molecule has 5 nitrogen and oxygen atoms in total. The fraction of sp³-hybridized carbons (Fsp3) is 0.167. The largest absolute Gasteiger partial charge is 0.354 e. The highest BCUT2D eigenvalue weighted by Crippen LogP contribution is 2.14. The second-order valence-electron chi connectivity index (χ2n) is 3.56. The molecule has 0 amide bonds. The van der Waals surface area contributed by atoms with E-state index in [-0.39, 0.29) is 5.56 Å². The van der Waals surface area contributed by atoms with Crippen LogP contribution in [0, 0.1) is 0 Å². The second kappa shape index (κ2) is 5.27. The van der Waals surface area contributed by atoms with Crippen molar-refractivity contribution in [2.75, 3.05) is 18.4 Å². The lowest BCUT2D eigenvalue weighted by molar-refractivity contribution is 0.983. The van der Waals surface area contributed by atoms with Crippen molar-refractivity contribution in [1.82, 2.24) is 9.97 Å². The summed E-state index contributed by atoms with van der Waals surface area (Å²) in [6, 6.07) is 11.0. The topological polar surface area (TPSA) is 83.8 Å². The summed E-state index contributed by atoms with van der Waals surface area (Å²) < 4.78 is 0. The van der Waals surface area contributed by atoms with E-state index in [0.29, 0.717) is 24.7 Å². The Bertz CT molecular complexity index is 536. The van der Waals surface area contributed by atoms with Crippen molar-refractivity contribution in [2.45, 2.75) is 0 Å². The molecule has 1 heterocycles. The summed E-state index contributed by atoms with van der Waals surface area (Å²) in [4.78, 5) is 18.4. The van der Waals surface area contributed by atoms with Gasteiger partial charge in [-0.1, -0.05) is 30.3 Å². The molecule has 0 aliphatic rings. The zero-order valence-corrected chi connectivity index (χ0v) is 9.31. The minimum Gasteiger partial charge on any atom is -0.354 e. The molecule has 17 heavy (non-hydrogen) atoms. The quantitative estimate of drug-likeness (QED) is 0.725. The maximum atomic E-state index is 11.5. The third-order valence-electron chi connectivity index (χ3n) is 2.25. The van der Waals surface area contributed by atoms with Gasteiger partial charge in [-0.05, 0) is 0 Å². The van der Waals surface area contributed by atoms with Crippen LogP contribution in [-0.2, 0) is 0 Å². The van der Waals surface area contributed by atoms with E-state index in [1.807, 2.05) is 30.3 Å². The van der Waals surface area contributed by atoms with E-state index in [9.17, 15) is 4.79 Å². The molecular weight excluding hydrogens is 216 g/mol.